The molecule has 0 saturated carbocycles. The van der Waals surface area contributed by atoms with Crippen molar-refractivity contribution in [2.75, 3.05) is 11.6 Å². The van der Waals surface area contributed by atoms with Crippen LogP contribution in [-0.2, 0) is 14.6 Å². The summed E-state index contributed by atoms with van der Waals surface area (Å²) in [5, 5.41) is 2.37. The maximum absolute atomic E-state index is 13.0. The minimum absolute atomic E-state index is 0.0236. The lowest BCUT2D eigenvalue weighted by molar-refractivity contribution is -0.117. The number of rotatable bonds is 3. The van der Waals surface area contributed by atoms with Crippen molar-refractivity contribution >= 4 is 49.0 Å². The Labute approximate surface area is 124 Å². The summed E-state index contributed by atoms with van der Waals surface area (Å²) < 4.78 is 34.7. The molecule has 8 heteroatoms. The molecule has 4 nitrogen and oxygen atoms in total. The maximum Gasteiger partial charge on any atom is 0.245 e. The van der Waals surface area contributed by atoms with Gasteiger partial charge in [0.25, 0.3) is 0 Å². The number of nitrogens with one attached hydrogen (secondary N) is 1. The van der Waals surface area contributed by atoms with E-state index in [4.69, 9.17) is 11.6 Å². The summed E-state index contributed by atoms with van der Waals surface area (Å²) in [7, 11) is -3.60. The van der Waals surface area contributed by atoms with Gasteiger partial charge in [0.1, 0.15) is 10.6 Å². The largest absolute Gasteiger partial charge is 0.322 e. The van der Waals surface area contributed by atoms with Crippen LogP contribution in [0.3, 0.4) is 0 Å². The van der Waals surface area contributed by atoms with Crippen LogP contribution in [0.25, 0.3) is 0 Å². The van der Waals surface area contributed by atoms with Crippen molar-refractivity contribution in [1.29, 1.82) is 0 Å². The standard InChI is InChI=1S/C11H12BrClFNO3S/c1-11(2,19(3,17)18)10(16)15-9-7(12)4-6(14)5-8(9)13/h4-5H,1-3H3,(H,15,16). The average Bonchev–Trinajstić information content (AvgIpc) is 2.21. The first-order valence-corrected chi connectivity index (χ1v) is 8.18. The molecule has 0 aromatic heterocycles. The maximum atomic E-state index is 13.0. The van der Waals surface area contributed by atoms with Gasteiger partial charge in [0.15, 0.2) is 9.84 Å². The molecular formula is C11H12BrClFNO3S. The molecule has 0 aliphatic rings. The second-order valence-corrected chi connectivity index (χ2v) is 8.31. The second-order valence-electron chi connectivity index (χ2n) is 4.48. The van der Waals surface area contributed by atoms with Gasteiger partial charge in [-0.3, -0.25) is 4.79 Å². The van der Waals surface area contributed by atoms with Crippen molar-refractivity contribution < 1.29 is 17.6 Å². The molecule has 0 unspecified atom stereocenters. The smallest absolute Gasteiger partial charge is 0.245 e. The molecule has 1 aromatic carbocycles. The van der Waals surface area contributed by atoms with Gasteiger partial charge in [-0.25, -0.2) is 12.8 Å². The summed E-state index contributed by atoms with van der Waals surface area (Å²) in [5.74, 6) is -1.32. The third-order valence-electron chi connectivity index (χ3n) is 2.72. The van der Waals surface area contributed by atoms with E-state index < -0.39 is 26.3 Å². The lowest BCUT2D eigenvalue weighted by Crippen LogP contribution is -2.44. The zero-order valence-electron chi connectivity index (χ0n) is 10.4. The number of amides is 1. The molecule has 1 rings (SSSR count). The van der Waals surface area contributed by atoms with E-state index in [0.717, 1.165) is 18.4 Å². The Hall–Kier alpha value is -0.660. The molecule has 1 amide bonds. The highest BCUT2D eigenvalue weighted by molar-refractivity contribution is 9.10. The Balaban J connectivity index is 3.15. The van der Waals surface area contributed by atoms with Gasteiger partial charge < -0.3 is 5.32 Å². The van der Waals surface area contributed by atoms with Gasteiger partial charge in [0.2, 0.25) is 5.91 Å². The molecule has 1 N–H and O–H groups in total. The fourth-order valence-corrected chi connectivity index (χ4v) is 2.38. The van der Waals surface area contributed by atoms with Crippen molar-refractivity contribution in [3.8, 4) is 0 Å². The minimum Gasteiger partial charge on any atom is -0.322 e. The Morgan fingerprint density at radius 1 is 1.42 bits per heavy atom. The lowest BCUT2D eigenvalue weighted by Gasteiger charge is -2.22. The van der Waals surface area contributed by atoms with Crippen LogP contribution in [0.1, 0.15) is 13.8 Å². The number of hydrogen-bond donors (Lipinski definition) is 1. The van der Waals surface area contributed by atoms with Gasteiger partial charge in [0, 0.05) is 10.7 Å². The van der Waals surface area contributed by atoms with E-state index in [2.05, 4.69) is 21.2 Å². The van der Waals surface area contributed by atoms with Gasteiger partial charge in [-0.05, 0) is 41.9 Å². The molecule has 0 aliphatic carbocycles. The number of carbonyl (C=O) groups is 1. The third kappa shape index (κ3) is 3.46. The van der Waals surface area contributed by atoms with Crippen molar-refractivity contribution in [2.45, 2.75) is 18.6 Å². The van der Waals surface area contributed by atoms with E-state index in [0.29, 0.717) is 0 Å². The molecule has 0 heterocycles. The van der Waals surface area contributed by atoms with E-state index in [-0.39, 0.29) is 15.2 Å². The van der Waals surface area contributed by atoms with Gasteiger partial charge in [-0.15, -0.1) is 0 Å². The number of halogens is 3. The summed E-state index contributed by atoms with van der Waals surface area (Å²) in [4.78, 5) is 12.0. The molecule has 0 fully saturated rings. The van der Waals surface area contributed by atoms with E-state index in [1.54, 1.807) is 0 Å². The predicted octanol–water partition coefficient (Wildman–Crippen LogP) is 3.00. The summed E-state index contributed by atoms with van der Waals surface area (Å²) in [6.45, 7) is 2.56. The Morgan fingerprint density at radius 3 is 2.37 bits per heavy atom. The SMILES string of the molecule is CC(C)(C(=O)Nc1c(Cl)cc(F)cc1Br)S(C)(=O)=O. The van der Waals surface area contributed by atoms with Crippen LogP contribution in [-0.4, -0.2) is 25.3 Å². The van der Waals surface area contributed by atoms with Gasteiger partial charge in [0.05, 0.1) is 10.7 Å². The fourth-order valence-electron chi connectivity index (χ4n) is 1.09. The first kappa shape index (κ1) is 16.4. The van der Waals surface area contributed by atoms with Crippen LogP contribution in [0.5, 0.6) is 0 Å². The fraction of sp³-hybridized carbons (Fsp3) is 0.364. The monoisotopic (exact) mass is 371 g/mol. The zero-order chi connectivity index (χ0) is 15.0. The van der Waals surface area contributed by atoms with Gasteiger partial charge >= 0.3 is 0 Å². The normalized spacial score (nSPS) is 12.3. The topological polar surface area (TPSA) is 63.2 Å². The number of carbonyl (C=O) groups excluding carboxylic acids is 1. The van der Waals surface area contributed by atoms with Crippen LogP contribution >= 0.6 is 27.5 Å². The highest BCUT2D eigenvalue weighted by Crippen LogP contribution is 2.32. The molecule has 19 heavy (non-hydrogen) atoms. The molecule has 0 saturated heterocycles. The summed E-state index contributed by atoms with van der Waals surface area (Å²) in [6.07, 6.45) is 0.966. The van der Waals surface area contributed by atoms with Crippen LogP contribution < -0.4 is 5.32 Å². The number of hydrogen-bond acceptors (Lipinski definition) is 3. The molecule has 106 valence electrons. The van der Waals surface area contributed by atoms with Crippen molar-refractivity contribution in [2.24, 2.45) is 0 Å². The van der Waals surface area contributed by atoms with Crippen molar-refractivity contribution in [3.63, 3.8) is 0 Å². The zero-order valence-corrected chi connectivity index (χ0v) is 13.6. The Morgan fingerprint density at radius 2 is 1.95 bits per heavy atom. The first-order chi connectivity index (χ1) is 8.46. The number of sulfone groups is 1. The van der Waals surface area contributed by atoms with E-state index in [9.17, 15) is 17.6 Å². The Kier molecular flexibility index (Phi) is 4.64. The number of anilines is 1. The summed E-state index contributed by atoms with van der Waals surface area (Å²) in [6, 6.07) is 2.14. The molecule has 0 atom stereocenters. The van der Waals surface area contributed by atoms with Crippen molar-refractivity contribution in [3.05, 3.63) is 27.4 Å². The van der Waals surface area contributed by atoms with E-state index in [1.807, 2.05) is 0 Å². The highest BCUT2D eigenvalue weighted by atomic mass is 79.9. The third-order valence-corrected chi connectivity index (χ3v) is 5.68. The molecule has 0 spiro atoms. The molecule has 0 bridgehead atoms. The average molecular weight is 373 g/mol. The van der Waals surface area contributed by atoms with Gasteiger partial charge in [-0.1, -0.05) is 11.6 Å². The Bertz CT molecular complexity index is 608. The van der Waals surface area contributed by atoms with Crippen LogP contribution in [0, 0.1) is 5.82 Å². The summed E-state index contributed by atoms with van der Waals surface area (Å²) in [5.41, 5.74) is 0.129. The first-order valence-electron chi connectivity index (χ1n) is 5.12. The molecular weight excluding hydrogens is 361 g/mol. The highest BCUT2D eigenvalue weighted by Gasteiger charge is 2.38. The quantitative estimate of drug-likeness (QED) is 0.887. The van der Waals surface area contributed by atoms with Crippen LogP contribution in [0.15, 0.2) is 16.6 Å². The minimum atomic E-state index is -3.60. The summed E-state index contributed by atoms with van der Waals surface area (Å²) >= 11 is 8.86. The molecule has 0 aliphatic heterocycles. The van der Waals surface area contributed by atoms with Crippen molar-refractivity contribution in [1.82, 2.24) is 0 Å². The number of benzene rings is 1. The van der Waals surface area contributed by atoms with Gasteiger partial charge in [-0.2, -0.15) is 0 Å². The predicted molar refractivity (Wildman–Crippen MR) is 76.7 cm³/mol. The van der Waals surface area contributed by atoms with Crippen LogP contribution in [0.2, 0.25) is 5.02 Å². The molecule has 1 aromatic rings. The van der Waals surface area contributed by atoms with E-state index >= 15 is 0 Å². The van der Waals surface area contributed by atoms with E-state index in [1.165, 1.54) is 13.8 Å². The second kappa shape index (κ2) is 5.38. The lowest BCUT2D eigenvalue weighted by atomic mass is 10.2. The van der Waals surface area contributed by atoms with Crippen LogP contribution in [0.4, 0.5) is 10.1 Å². The molecule has 0 radical (unpaired) electrons.